The highest BCUT2D eigenvalue weighted by Crippen LogP contribution is 2.34. The van der Waals surface area contributed by atoms with Crippen LogP contribution in [0, 0.1) is 5.41 Å². The molecule has 0 aliphatic rings. The summed E-state index contributed by atoms with van der Waals surface area (Å²) < 4.78 is 5.01. The van der Waals surface area contributed by atoms with Gasteiger partial charge < -0.3 is 26.0 Å². The fourth-order valence-corrected chi connectivity index (χ4v) is 4.65. The Morgan fingerprint density at radius 2 is 2.12 bits per heavy atom. The summed E-state index contributed by atoms with van der Waals surface area (Å²) in [7, 11) is 0. The normalized spacial score (nSPS) is 12.1. The first-order valence-corrected chi connectivity index (χ1v) is 11.2. The number of aromatic nitrogens is 3. The molecule has 3 aromatic heterocycles. The Kier molecular flexibility index (Phi) is 6.02. The molecule has 6 N–H and O–H groups in total. The largest absolute Gasteiger partial charge is 0.494 e. The number of fused-ring (bicyclic) bond motifs is 1. The molecule has 0 spiro atoms. The van der Waals surface area contributed by atoms with Crippen LogP contribution >= 0.6 is 34.5 Å². The number of benzene rings is 1. The van der Waals surface area contributed by atoms with Crippen LogP contribution < -0.4 is 10.6 Å². The van der Waals surface area contributed by atoms with Gasteiger partial charge in [0, 0.05) is 22.5 Å². The molecule has 10 nitrogen and oxygen atoms in total. The van der Waals surface area contributed by atoms with Crippen LogP contribution in [0.2, 0.25) is 5.02 Å². The van der Waals surface area contributed by atoms with Gasteiger partial charge in [0.25, 0.3) is 5.91 Å². The van der Waals surface area contributed by atoms with E-state index in [0.29, 0.717) is 26.1 Å². The van der Waals surface area contributed by atoms with Crippen LogP contribution in [0.25, 0.3) is 10.9 Å². The van der Waals surface area contributed by atoms with E-state index in [1.54, 1.807) is 25.1 Å². The van der Waals surface area contributed by atoms with Crippen LogP contribution in [0.4, 0.5) is 10.1 Å². The lowest BCUT2D eigenvalue weighted by Gasteiger charge is -2.13. The third-order valence-electron chi connectivity index (χ3n) is 4.48. The Balaban J connectivity index is 1.60. The highest BCUT2D eigenvalue weighted by Gasteiger charge is 2.22. The van der Waals surface area contributed by atoms with E-state index in [1.807, 2.05) is 0 Å². The SMILES string of the molecule is CC(CO)NC(=N)c1c(O)nsc1Nc1ncc(C(=O)n2c(O)cc3ccc(Cl)cc32)s1. The summed E-state index contributed by atoms with van der Waals surface area (Å²) >= 11 is 8.00. The van der Waals surface area contributed by atoms with Crippen LogP contribution in [0.3, 0.4) is 0 Å². The van der Waals surface area contributed by atoms with Crippen molar-refractivity contribution in [2.75, 3.05) is 11.9 Å². The summed E-state index contributed by atoms with van der Waals surface area (Å²) in [5.41, 5.74) is 0.595. The second-order valence-corrected chi connectivity index (χ2v) is 9.05. The van der Waals surface area contributed by atoms with E-state index in [0.717, 1.165) is 27.4 Å². The van der Waals surface area contributed by atoms with Crippen molar-refractivity contribution >= 4 is 67.2 Å². The fraction of sp³-hybridized carbons (Fsp3) is 0.158. The minimum absolute atomic E-state index is 0.117. The number of carbonyl (C=O) groups is 1. The topological polar surface area (TPSA) is 156 Å². The summed E-state index contributed by atoms with van der Waals surface area (Å²) in [6.07, 6.45) is 1.36. The zero-order chi connectivity index (χ0) is 23.0. The van der Waals surface area contributed by atoms with E-state index in [9.17, 15) is 20.1 Å². The second kappa shape index (κ2) is 8.74. The molecular formula is C19H17ClN6O4S2. The van der Waals surface area contributed by atoms with Gasteiger partial charge >= 0.3 is 0 Å². The Bertz CT molecular complexity index is 1330. The number of amidine groups is 1. The van der Waals surface area contributed by atoms with Crippen molar-refractivity contribution in [2.45, 2.75) is 13.0 Å². The number of hydrogen-bond acceptors (Lipinski definition) is 10. The van der Waals surface area contributed by atoms with Crippen molar-refractivity contribution in [3.63, 3.8) is 0 Å². The van der Waals surface area contributed by atoms with Gasteiger partial charge in [-0.15, -0.1) is 0 Å². The van der Waals surface area contributed by atoms with Crippen LogP contribution in [-0.2, 0) is 0 Å². The molecule has 1 aromatic carbocycles. The lowest BCUT2D eigenvalue weighted by molar-refractivity contribution is 0.0960. The van der Waals surface area contributed by atoms with E-state index in [1.165, 1.54) is 12.3 Å². The molecule has 0 bridgehead atoms. The average molecular weight is 493 g/mol. The first-order valence-electron chi connectivity index (χ1n) is 9.21. The Morgan fingerprint density at radius 3 is 2.88 bits per heavy atom. The predicted molar refractivity (Wildman–Crippen MR) is 124 cm³/mol. The highest BCUT2D eigenvalue weighted by atomic mass is 35.5. The molecule has 0 aliphatic carbocycles. The van der Waals surface area contributed by atoms with Gasteiger partial charge in [0.2, 0.25) is 5.88 Å². The van der Waals surface area contributed by atoms with Gasteiger partial charge in [-0.25, -0.2) is 9.55 Å². The van der Waals surface area contributed by atoms with Crippen LogP contribution in [0.1, 0.15) is 22.2 Å². The van der Waals surface area contributed by atoms with Gasteiger partial charge in [-0.3, -0.25) is 10.2 Å². The summed E-state index contributed by atoms with van der Waals surface area (Å²) in [5, 5.41) is 45.1. The maximum absolute atomic E-state index is 13.0. The second-order valence-electron chi connectivity index (χ2n) is 6.81. The van der Waals surface area contributed by atoms with Gasteiger partial charge in [0.1, 0.15) is 21.3 Å². The number of thiazole rings is 1. The third kappa shape index (κ3) is 4.12. The van der Waals surface area contributed by atoms with E-state index < -0.39 is 11.9 Å². The van der Waals surface area contributed by atoms with E-state index in [-0.39, 0.29) is 34.6 Å². The molecule has 1 atom stereocenters. The molecule has 4 rings (SSSR count). The summed E-state index contributed by atoms with van der Waals surface area (Å²) in [6, 6.07) is 6.05. The van der Waals surface area contributed by atoms with E-state index >= 15 is 0 Å². The number of hydrogen-bond donors (Lipinski definition) is 6. The Labute approximate surface area is 194 Å². The number of rotatable bonds is 6. The first kappa shape index (κ1) is 22.0. The number of nitrogens with one attached hydrogen (secondary N) is 3. The van der Waals surface area contributed by atoms with Gasteiger partial charge in [0.15, 0.2) is 11.0 Å². The maximum Gasteiger partial charge on any atom is 0.276 e. The fourth-order valence-electron chi connectivity index (χ4n) is 2.97. The van der Waals surface area contributed by atoms with Crippen molar-refractivity contribution < 1.29 is 20.1 Å². The molecule has 0 saturated heterocycles. The Morgan fingerprint density at radius 1 is 1.34 bits per heavy atom. The van der Waals surface area contributed by atoms with E-state index in [4.69, 9.17) is 17.0 Å². The summed E-state index contributed by atoms with van der Waals surface area (Å²) in [5.74, 6) is -1.16. The van der Waals surface area contributed by atoms with Gasteiger partial charge in [0.05, 0.1) is 18.3 Å². The average Bonchev–Trinajstić information content (AvgIpc) is 3.44. The van der Waals surface area contributed by atoms with Crippen LogP contribution in [-0.4, -0.2) is 53.6 Å². The molecule has 0 saturated carbocycles. The number of carbonyl (C=O) groups excluding carboxylic acids is 1. The zero-order valence-corrected chi connectivity index (χ0v) is 18.8. The first-order chi connectivity index (χ1) is 15.3. The predicted octanol–water partition coefficient (Wildman–Crippen LogP) is 3.35. The molecule has 4 aromatic rings. The molecule has 0 amide bonds. The van der Waals surface area contributed by atoms with Crippen LogP contribution in [0.15, 0.2) is 30.5 Å². The van der Waals surface area contributed by atoms with Crippen molar-refractivity contribution in [3.05, 3.63) is 45.9 Å². The quantitative estimate of drug-likeness (QED) is 0.177. The van der Waals surface area contributed by atoms with Crippen molar-refractivity contribution in [2.24, 2.45) is 0 Å². The number of aliphatic hydroxyl groups excluding tert-OH is 1. The number of aliphatic hydroxyl groups is 1. The standard InChI is InChI=1S/C19H17ClN6O4S2/c1-8(7-27)23-15(21)14-16(29)25-32-17(14)24-19-22-6-12(31-19)18(30)26-11-5-10(20)3-2-9(11)4-13(26)28/h2-6,8,27-28H,7H2,1H3,(H2,21,23)(H,22,24)(H,25,29). The molecular weight excluding hydrogens is 476 g/mol. The van der Waals surface area contributed by atoms with Gasteiger partial charge in [-0.2, -0.15) is 4.37 Å². The molecule has 166 valence electrons. The van der Waals surface area contributed by atoms with Crippen molar-refractivity contribution in [3.8, 4) is 11.8 Å². The van der Waals surface area contributed by atoms with E-state index in [2.05, 4.69) is 20.0 Å². The summed E-state index contributed by atoms with van der Waals surface area (Å²) in [4.78, 5) is 17.5. The minimum Gasteiger partial charge on any atom is -0.494 e. The number of nitrogens with zero attached hydrogens (tertiary/aromatic N) is 3. The Hall–Kier alpha value is -3.19. The molecule has 0 radical (unpaired) electrons. The molecule has 13 heteroatoms. The highest BCUT2D eigenvalue weighted by molar-refractivity contribution is 7.18. The number of aromatic hydroxyl groups is 2. The molecule has 32 heavy (non-hydrogen) atoms. The molecule has 3 heterocycles. The lowest BCUT2D eigenvalue weighted by atomic mass is 10.2. The van der Waals surface area contributed by atoms with Crippen molar-refractivity contribution in [1.29, 1.82) is 5.41 Å². The smallest absolute Gasteiger partial charge is 0.276 e. The lowest BCUT2D eigenvalue weighted by Crippen LogP contribution is -2.35. The van der Waals surface area contributed by atoms with Crippen molar-refractivity contribution in [1.82, 2.24) is 19.2 Å². The molecule has 0 fully saturated rings. The minimum atomic E-state index is -0.483. The van der Waals surface area contributed by atoms with Crippen LogP contribution in [0.5, 0.6) is 11.8 Å². The summed E-state index contributed by atoms with van der Waals surface area (Å²) in [6.45, 7) is 1.50. The molecule has 0 aliphatic heterocycles. The third-order valence-corrected chi connectivity index (χ3v) is 6.36. The monoisotopic (exact) mass is 492 g/mol. The van der Waals surface area contributed by atoms with Gasteiger partial charge in [-0.1, -0.05) is 29.0 Å². The van der Waals surface area contributed by atoms with Gasteiger partial charge in [-0.05, 0) is 30.6 Å². The number of anilines is 2. The number of halogens is 1. The molecule has 1 unspecified atom stereocenters. The maximum atomic E-state index is 13.0. The zero-order valence-electron chi connectivity index (χ0n) is 16.5.